The van der Waals surface area contributed by atoms with Gasteiger partial charge in [0.15, 0.2) is 15.9 Å². The van der Waals surface area contributed by atoms with Crippen LogP contribution in [0.25, 0.3) is 11.0 Å². The van der Waals surface area contributed by atoms with Gasteiger partial charge in [-0.25, -0.2) is 0 Å². The summed E-state index contributed by atoms with van der Waals surface area (Å²) in [6.45, 7) is 2.03. The van der Waals surface area contributed by atoms with Crippen molar-refractivity contribution in [2.75, 3.05) is 4.90 Å². The molecular formula is C29H21N3O5S2. The smallest absolute Gasteiger partial charge is 0.296 e. The highest BCUT2D eigenvalue weighted by molar-refractivity contribution is 8.00. The summed E-state index contributed by atoms with van der Waals surface area (Å²) in [7, 11) is 0. The first kappa shape index (κ1) is 24.9. The predicted molar refractivity (Wildman–Crippen MR) is 149 cm³/mol. The Labute approximate surface area is 231 Å². The molecule has 0 saturated carbocycles. The second-order valence-electron chi connectivity index (χ2n) is 9.04. The third-order valence-electron chi connectivity index (χ3n) is 6.37. The van der Waals surface area contributed by atoms with E-state index in [1.54, 1.807) is 36.4 Å². The van der Waals surface area contributed by atoms with Gasteiger partial charge in [0.2, 0.25) is 10.9 Å². The van der Waals surface area contributed by atoms with E-state index < -0.39 is 23.5 Å². The molecule has 0 unspecified atom stereocenters. The summed E-state index contributed by atoms with van der Waals surface area (Å²) < 4.78 is 6.39. The second-order valence-corrected chi connectivity index (χ2v) is 11.2. The maximum absolute atomic E-state index is 13.7. The number of rotatable bonds is 7. The Kier molecular flexibility index (Phi) is 6.41. The number of carbonyl (C=O) groups excluding carboxylic acids is 2. The van der Waals surface area contributed by atoms with E-state index in [0.717, 1.165) is 10.9 Å². The summed E-state index contributed by atoms with van der Waals surface area (Å²) in [5, 5.41) is 30.6. The Morgan fingerprint density at radius 2 is 1.82 bits per heavy atom. The fraction of sp³-hybridized carbons (Fsp3) is 0.103. The minimum absolute atomic E-state index is 0.0100. The minimum Gasteiger partial charge on any atom is -0.508 e. The van der Waals surface area contributed by atoms with Gasteiger partial charge >= 0.3 is 0 Å². The highest BCUT2D eigenvalue weighted by Crippen LogP contribution is 2.44. The topological polar surface area (TPSA) is 117 Å². The van der Waals surface area contributed by atoms with E-state index in [-0.39, 0.29) is 22.2 Å². The molecule has 194 valence electrons. The lowest BCUT2D eigenvalue weighted by Crippen LogP contribution is -2.31. The van der Waals surface area contributed by atoms with Crippen LogP contribution in [0.3, 0.4) is 0 Å². The largest absolute Gasteiger partial charge is 0.508 e. The third-order valence-corrected chi connectivity index (χ3v) is 8.50. The zero-order chi connectivity index (χ0) is 27.1. The van der Waals surface area contributed by atoms with Gasteiger partial charge in [0.25, 0.3) is 5.91 Å². The van der Waals surface area contributed by atoms with E-state index in [1.165, 1.54) is 45.7 Å². The van der Waals surface area contributed by atoms with Crippen LogP contribution in [-0.2, 0) is 10.5 Å². The van der Waals surface area contributed by atoms with Crippen LogP contribution in [0.15, 0.2) is 99.0 Å². The number of hydrogen-bond donors (Lipinski definition) is 2. The molecule has 0 saturated heterocycles. The zero-order valence-corrected chi connectivity index (χ0v) is 22.2. The van der Waals surface area contributed by atoms with Crippen LogP contribution in [0.4, 0.5) is 5.13 Å². The van der Waals surface area contributed by atoms with Gasteiger partial charge in [-0.05, 0) is 42.3 Å². The number of furan rings is 1. The van der Waals surface area contributed by atoms with Crippen LogP contribution >= 0.6 is 23.1 Å². The van der Waals surface area contributed by atoms with Gasteiger partial charge in [-0.3, -0.25) is 14.5 Å². The van der Waals surface area contributed by atoms with E-state index in [0.29, 0.717) is 21.2 Å². The molecule has 3 aromatic carbocycles. The number of carbonyl (C=O) groups is 2. The first-order chi connectivity index (χ1) is 18.9. The molecule has 1 aliphatic heterocycles. The molecule has 0 bridgehead atoms. The van der Waals surface area contributed by atoms with Gasteiger partial charge in [-0.2, -0.15) is 0 Å². The van der Waals surface area contributed by atoms with E-state index in [9.17, 15) is 19.8 Å². The van der Waals surface area contributed by atoms with Gasteiger partial charge in [0.05, 0.1) is 11.6 Å². The van der Waals surface area contributed by atoms with Crippen molar-refractivity contribution in [3.8, 4) is 5.75 Å². The summed E-state index contributed by atoms with van der Waals surface area (Å²) >= 11 is 2.66. The maximum atomic E-state index is 13.7. The number of phenolic OH excluding ortho intramolecular Hbond substituents is 1. The first-order valence-electron chi connectivity index (χ1n) is 12.0. The van der Waals surface area contributed by atoms with Crippen molar-refractivity contribution < 1.29 is 24.2 Å². The Bertz CT molecular complexity index is 1720. The number of amides is 1. The molecule has 2 N–H and O–H groups in total. The van der Waals surface area contributed by atoms with E-state index >= 15 is 0 Å². The number of thioether (sulfide) groups is 1. The number of nitrogens with zero attached hydrogens (tertiary/aromatic N) is 3. The number of Topliss-reactive ketones (excluding diaryl/α,β-unsaturated/α-hetero) is 1. The fourth-order valence-electron chi connectivity index (χ4n) is 4.46. The molecule has 6 rings (SSSR count). The van der Waals surface area contributed by atoms with Crippen LogP contribution in [0, 0.1) is 6.92 Å². The number of aromatic nitrogens is 2. The van der Waals surface area contributed by atoms with Gasteiger partial charge in [-0.15, -0.1) is 10.2 Å². The molecule has 0 aliphatic carbocycles. The third kappa shape index (κ3) is 4.68. The van der Waals surface area contributed by atoms with Crippen molar-refractivity contribution in [1.29, 1.82) is 0 Å². The van der Waals surface area contributed by atoms with Crippen molar-refractivity contribution in [2.24, 2.45) is 0 Å². The van der Waals surface area contributed by atoms with Crippen LogP contribution in [0.1, 0.15) is 33.3 Å². The molecule has 0 radical (unpaired) electrons. The fourth-order valence-corrected chi connectivity index (χ4v) is 6.28. The first-order valence-corrected chi connectivity index (χ1v) is 13.8. The van der Waals surface area contributed by atoms with Crippen LogP contribution < -0.4 is 4.90 Å². The number of aryl methyl sites for hydroxylation is 1. The molecule has 3 heterocycles. The SMILES string of the molecule is Cc1ccc(CSc2nnc(N3C(=O)C(O)=C(C(=O)c4cc5ccccc5o4)[C@@H]3c3cccc(O)c3)s2)cc1. The van der Waals surface area contributed by atoms with E-state index in [2.05, 4.69) is 10.2 Å². The quantitative estimate of drug-likeness (QED) is 0.135. The lowest BCUT2D eigenvalue weighted by Gasteiger charge is -2.23. The Morgan fingerprint density at radius 1 is 1.03 bits per heavy atom. The number of aliphatic hydroxyl groups excluding tert-OH is 1. The normalized spacial score (nSPS) is 15.5. The molecule has 5 aromatic rings. The molecule has 2 aromatic heterocycles. The molecule has 1 atom stereocenters. The lowest BCUT2D eigenvalue weighted by molar-refractivity contribution is -0.117. The standard InChI is InChI=1S/C29H21N3O5S2/c1-16-9-11-17(12-10-16)15-38-29-31-30-28(39-29)32-24(19-6-4-7-20(33)13-19)23(26(35)27(32)36)25(34)22-14-18-5-2-3-8-21(18)37-22/h2-14,24,33,35H,15H2,1H3/t24-/m0/s1. The Morgan fingerprint density at radius 3 is 2.59 bits per heavy atom. The summed E-state index contributed by atoms with van der Waals surface area (Å²) in [6.07, 6.45) is 0. The highest BCUT2D eigenvalue weighted by atomic mass is 32.2. The van der Waals surface area contributed by atoms with E-state index in [4.69, 9.17) is 4.42 Å². The van der Waals surface area contributed by atoms with Crippen molar-refractivity contribution in [3.63, 3.8) is 0 Å². The number of hydrogen-bond acceptors (Lipinski definition) is 9. The van der Waals surface area contributed by atoms with Crippen molar-refractivity contribution in [2.45, 2.75) is 23.1 Å². The average molecular weight is 556 g/mol. The second kappa shape index (κ2) is 10.0. The monoisotopic (exact) mass is 555 g/mol. The van der Waals surface area contributed by atoms with Gasteiger partial charge in [0.1, 0.15) is 11.3 Å². The molecule has 8 nitrogen and oxygen atoms in total. The van der Waals surface area contributed by atoms with E-state index in [1.807, 2.05) is 37.3 Å². The van der Waals surface area contributed by atoms with Crippen LogP contribution in [0.5, 0.6) is 5.75 Å². The Balaban J connectivity index is 1.36. The number of phenols is 1. The molecule has 0 spiro atoms. The van der Waals surface area contributed by atoms with Crippen molar-refractivity contribution in [3.05, 3.63) is 113 Å². The zero-order valence-electron chi connectivity index (χ0n) is 20.6. The number of ketones is 1. The minimum atomic E-state index is -1.05. The average Bonchev–Trinajstić information content (AvgIpc) is 3.64. The van der Waals surface area contributed by atoms with Gasteiger partial charge in [-0.1, -0.05) is 83.3 Å². The van der Waals surface area contributed by atoms with Gasteiger partial charge < -0.3 is 14.6 Å². The van der Waals surface area contributed by atoms with Crippen molar-refractivity contribution >= 4 is 50.9 Å². The molecule has 1 aliphatic rings. The van der Waals surface area contributed by atoms with Crippen molar-refractivity contribution in [1.82, 2.24) is 10.2 Å². The Hall–Kier alpha value is -4.41. The summed E-state index contributed by atoms with van der Waals surface area (Å²) in [5.74, 6) is -1.51. The molecule has 0 fully saturated rings. The number of para-hydroxylation sites is 1. The number of fused-ring (bicyclic) bond motifs is 1. The van der Waals surface area contributed by atoms with Crippen LogP contribution in [-0.4, -0.2) is 32.1 Å². The molecular weight excluding hydrogens is 534 g/mol. The number of benzene rings is 3. The molecule has 39 heavy (non-hydrogen) atoms. The maximum Gasteiger partial charge on any atom is 0.296 e. The predicted octanol–water partition coefficient (Wildman–Crippen LogP) is 6.37. The highest BCUT2D eigenvalue weighted by Gasteiger charge is 2.47. The number of aliphatic hydroxyl groups is 1. The summed E-state index contributed by atoms with van der Waals surface area (Å²) in [4.78, 5) is 28.4. The lowest BCUT2D eigenvalue weighted by atomic mass is 9.95. The number of anilines is 1. The van der Waals surface area contributed by atoms with Gasteiger partial charge in [0, 0.05) is 11.1 Å². The van der Waals surface area contributed by atoms with Crippen LogP contribution in [0.2, 0.25) is 0 Å². The summed E-state index contributed by atoms with van der Waals surface area (Å²) in [5.41, 5.74) is 3.07. The summed E-state index contributed by atoms with van der Waals surface area (Å²) in [6, 6.07) is 22.1. The number of aromatic hydroxyl groups is 1. The molecule has 10 heteroatoms. The molecule has 1 amide bonds.